The molecule has 0 unspecified atom stereocenters. The van der Waals surface area contributed by atoms with Crippen molar-refractivity contribution in [3.05, 3.63) is 36.8 Å². The summed E-state index contributed by atoms with van der Waals surface area (Å²) in [5, 5.41) is 0. The van der Waals surface area contributed by atoms with Gasteiger partial charge in [-0.15, -0.1) is 13.2 Å². The lowest BCUT2D eigenvalue weighted by Gasteiger charge is -2.25. The number of ether oxygens (including phenoxy) is 1. The molecular formula is C17H20F3N3O. The van der Waals surface area contributed by atoms with Crippen molar-refractivity contribution in [2.75, 3.05) is 18.0 Å². The average molecular weight is 339 g/mol. The van der Waals surface area contributed by atoms with Crippen molar-refractivity contribution >= 4 is 5.69 Å². The monoisotopic (exact) mass is 339 g/mol. The summed E-state index contributed by atoms with van der Waals surface area (Å²) in [5.41, 5.74) is 1.97. The highest BCUT2D eigenvalue weighted by Crippen LogP contribution is 2.32. The van der Waals surface area contributed by atoms with Gasteiger partial charge in [0.1, 0.15) is 12.1 Å². The number of nitrogens with zero attached hydrogens (tertiary/aromatic N) is 3. The average Bonchev–Trinajstić information content (AvgIpc) is 2.53. The summed E-state index contributed by atoms with van der Waals surface area (Å²) in [6.07, 6.45) is 0.276. The fraction of sp³-hybridized carbons (Fsp3) is 0.412. The second kappa shape index (κ2) is 7.99. The molecule has 0 aliphatic carbocycles. The van der Waals surface area contributed by atoms with Crippen LogP contribution in [-0.4, -0.2) is 29.4 Å². The topological polar surface area (TPSA) is 38.2 Å². The third-order valence-corrected chi connectivity index (χ3v) is 3.36. The van der Waals surface area contributed by atoms with Gasteiger partial charge in [-0.25, -0.2) is 9.97 Å². The predicted octanol–water partition coefficient (Wildman–Crippen LogP) is 4.67. The maximum absolute atomic E-state index is 12.4. The van der Waals surface area contributed by atoms with Crippen LogP contribution in [0.25, 0.3) is 11.3 Å². The van der Waals surface area contributed by atoms with Crippen molar-refractivity contribution < 1.29 is 17.9 Å². The van der Waals surface area contributed by atoms with Crippen LogP contribution in [0.2, 0.25) is 0 Å². The van der Waals surface area contributed by atoms with E-state index < -0.39 is 6.36 Å². The summed E-state index contributed by atoms with van der Waals surface area (Å²) in [6, 6.07) is 5.85. The number of rotatable bonds is 7. The molecule has 7 heteroatoms. The van der Waals surface area contributed by atoms with Crippen LogP contribution in [0.5, 0.6) is 5.75 Å². The molecule has 2 aromatic rings. The molecule has 2 rings (SSSR count). The van der Waals surface area contributed by atoms with E-state index in [1.165, 1.54) is 24.5 Å². The minimum atomic E-state index is -4.72. The molecule has 4 nitrogen and oxygen atoms in total. The molecule has 0 atom stereocenters. The van der Waals surface area contributed by atoms with Crippen molar-refractivity contribution in [3.8, 4) is 17.0 Å². The molecule has 0 spiro atoms. The summed E-state index contributed by atoms with van der Waals surface area (Å²) in [6.45, 7) is 5.80. The number of benzene rings is 1. The van der Waals surface area contributed by atoms with Crippen LogP contribution in [0.3, 0.4) is 0 Å². The van der Waals surface area contributed by atoms with Gasteiger partial charge in [-0.3, -0.25) is 0 Å². The smallest absolute Gasteiger partial charge is 0.406 e. The van der Waals surface area contributed by atoms with Crippen molar-refractivity contribution in [3.63, 3.8) is 0 Å². The Kier molecular flexibility index (Phi) is 6.00. The highest BCUT2D eigenvalue weighted by molar-refractivity contribution is 5.75. The maximum Gasteiger partial charge on any atom is 0.573 e. The molecule has 0 aliphatic heterocycles. The lowest BCUT2D eigenvalue weighted by Crippen LogP contribution is -2.25. The van der Waals surface area contributed by atoms with E-state index in [0.717, 1.165) is 31.6 Å². The third-order valence-electron chi connectivity index (χ3n) is 3.36. The van der Waals surface area contributed by atoms with Crippen molar-refractivity contribution in [1.82, 2.24) is 9.97 Å². The van der Waals surface area contributed by atoms with Gasteiger partial charge in [0.2, 0.25) is 0 Å². The second-order valence-electron chi connectivity index (χ2n) is 5.32. The Morgan fingerprint density at radius 2 is 1.83 bits per heavy atom. The van der Waals surface area contributed by atoms with E-state index in [4.69, 9.17) is 0 Å². The Labute approximate surface area is 139 Å². The Morgan fingerprint density at radius 3 is 2.46 bits per heavy atom. The fourth-order valence-corrected chi connectivity index (χ4v) is 2.51. The van der Waals surface area contributed by atoms with Crippen LogP contribution >= 0.6 is 0 Å². The predicted molar refractivity (Wildman–Crippen MR) is 86.9 cm³/mol. The molecule has 0 saturated heterocycles. The number of hydrogen-bond acceptors (Lipinski definition) is 4. The van der Waals surface area contributed by atoms with Crippen LogP contribution in [0, 0.1) is 0 Å². The zero-order valence-corrected chi connectivity index (χ0v) is 13.7. The number of halogens is 3. The number of hydrogen-bond donors (Lipinski definition) is 0. The van der Waals surface area contributed by atoms with E-state index in [0.29, 0.717) is 11.3 Å². The Hall–Kier alpha value is -2.31. The van der Waals surface area contributed by atoms with Gasteiger partial charge in [-0.05, 0) is 25.0 Å². The van der Waals surface area contributed by atoms with Gasteiger partial charge in [0, 0.05) is 18.7 Å². The SMILES string of the molecule is CCCN(CCC)c1cncnc1-c1cccc(OC(F)(F)F)c1. The molecule has 0 radical (unpaired) electrons. The first-order chi connectivity index (χ1) is 11.4. The van der Waals surface area contributed by atoms with Crippen LogP contribution in [0.15, 0.2) is 36.8 Å². The lowest BCUT2D eigenvalue weighted by atomic mass is 10.1. The fourth-order valence-electron chi connectivity index (χ4n) is 2.51. The summed E-state index contributed by atoms with van der Waals surface area (Å²) >= 11 is 0. The zero-order chi connectivity index (χ0) is 17.6. The standard InChI is InChI=1S/C17H20F3N3O/c1-3-8-23(9-4-2)15-11-21-12-22-16(15)13-6-5-7-14(10-13)24-17(18,19)20/h5-7,10-12H,3-4,8-9H2,1-2H3. The Balaban J connectivity index is 2.40. The van der Waals surface area contributed by atoms with Crippen LogP contribution in [0.4, 0.5) is 18.9 Å². The number of anilines is 1. The summed E-state index contributed by atoms with van der Waals surface area (Å²) in [7, 11) is 0. The molecule has 1 aromatic heterocycles. The van der Waals surface area contributed by atoms with Gasteiger partial charge in [0.25, 0.3) is 0 Å². The van der Waals surface area contributed by atoms with E-state index in [9.17, 15) is 13.2 Å². The van der Waals surface area contributed by atoms with Gasteiger partial charge < -0.3 is 9.64 Å². The third kappa shape index (κ3) is 4.84. The quantitative estimate of drug-likeness (QED) is 0.735. The molecule has 0 amide bonds. The van der Waals surface area contributed by atoms with Gasteiger partial charge in [-0.1, -0.05) is 26.0 Å². The molecule has 0 saturated carbocycles. The molecular weight excluding hydrogens is 319 g/mol. The van der Waals surface area contributed by atoms with Crippen LogP contribution in [-0.2, 0) is 0 Å². The summed E-state index contributed by atoms with van der Waals surface area (Å²) in [4.78, 5) is 10.5. The van der Waals surface area contributed by atoms with Crippen molar-refractivity contribution in [2.45, 2.75) is 33.1 Å². The van der Waals surface area contributed by atoms with Crippen LogP contribution < -0.4 is 9.64 Å². The number of alkyl halides is 3. The van der Waals surface area contributed by atoms with E-state index >= 15 is 0 Å². The molecule has 0 fully saturated rings. The number of aromatic nitrogens is 2. The highest BCUT2D eigenvalue weighted by Gasteiger charge is 2.31. The van der Waals surface area contributed by atoms with Crippen LogP contribution in [0.1, 0.15) is 26.7 Å². The molecule has 0 N–H and O–H groups in total. The Bertz CT molecular complexity index is 656. The zero-order valence-electron chi connectivity index (χ0n) is 13.7. The van der Waals surface area contributed by atoms with Crippen molar-refractivity contribution in [1.29, 1.82) is 0 Å². The molecule has 24 heavy (non-hydrogen) atoms. The molecule has 0 aliphatic rings. The lowest BCUT2D eigenvalue weighted by molar-refractivity contribution is -0.274. The van der Waals surface area contributed by atoms with Gasteiger partial charge in [0.15, 0.2) is 0 Å². The molecule has 1 heterocycles. The second-order valence-corrected chi connectivity index (χ2v) is 5.32. The van der Waals surface area contributed by atoms with Gasteiger partial charge in [0.05, 0.1) is 17.6 Å². The highest BCUT2D eigenvalue weighted by atomic mass is 19.4. The normalized spacial score (nSPS) is 11.4. The van der Waals surface area contributed by atoms with E-state index in [2.05, 4.69) is 33.5 Å². The van der Waals surface area contributed by atoms with Gasteiger partial charge >= 0.3 is 6.36 Å². The summed E-state index contributed by atoms with van der Waals surface area (Å²) < 4.78 is 41.3. The van der Waals surface area contributed by atoms with E-state index in [-0.39, 0.29) is 5.75 Å². The van der Waals surface area contributed by atoms with E-state index in [1.54, 1.807) is 12.3 Å². The maximum atomic E-state index is 12.4. The van der Waals surface area contributed by atoms with Crippen molar-refractivity contribution in [2.24, 2.45) is 0 Å². The Morgan fingerprint density at radius 1 is 1.12 bits per heavy atom. The minimum Gasteiger partial charge on any atom is -0.406 e. The largest absolute Gasteiger partial charge is 0.573 e. The minimum absolute atomic E-state index is 0.262. The first-order valence-electron chi connectivity index (χ1n) is 7.85. The molecule has 1 aromatic carbocycles. The summed E-state index contributed by atoms with van der Waals surface area (Å²) in [5.74, 6) is -0.262. The first-order valence-corrected chi connectivity index (χ1v) is 7.85. The van der Waals surface area contributed by atoms with Gasteiger partial charge in [-0.2, -0.15) is 0 Å². The first kappa shape index (κ1) is 18.0. The molecule has 130 valence electrons. The van der Waals surface area contributed by atoms with E-state index in [1.807, 2.05) is 0 Å². The molecule has 0 bridgehead atoms.